The number of hydrogen-bond donors (Lipinski definition) is 3. The number of benzene rings is 2. The van der Waals surface area contributed by atoms with Crippen LogP contribution in [0, 0.1) is 0 Å². The number of carbonyl (C=O) groups is 5. The van der Waals surface area contributed by atoms with Crippen LogP contribution < -0.4 is 10.6 Å². The van der Waals surface area contributed by atoms with Gasteiger partial charge in [-0.1, -0.05) is 41.4 Å². The van der Waals surface area contributed by atoms with E-state index in [0.717, 1.165) is 0 Å². The van der Waals surface area contributed by atoms with Gasteiger partial charge in [0.05, 0.1) is 28.6 Å². The molecule has 13 heteroatoms. The Balaban J connectivity index is 1.59. The smallest absolute Gasteiger partial charge is 0.326 e. The lowest BCUT2D eigenvalue weighted by atomic mass is 10.0. The standard InChI is InChI=1S/C26H27Cl2N3O7S/c1-38-22(33)7-3-6-21(32)31-14-39-13-20(31)24(34)30-19(26(36)37)12-15-8-10-16(11-9-15)29-25(35)23-17(27)4-2-5-18(23)28/h2,4-5,8-11,19-20H,3,6-7,12-14H2,1H3,(H,29,35)(H,30,34)(H,36,37). The third-order valence-electron chi connectivity index (χ3n) is 5.96. The average molecular weight is 596 g/mol. The summed E-state index contributed by atoms with van der Waals surface area (Å²) in [4.78, 5) is 62.7. The molecule has 3 N–H and O–H groups in total. The molecule has 3 amide bonds. The molecule has 0 aromatic heterocycles. The molecule has 1 aliphatic heterocycles. The van der Waals surface area contributed by atoms with E-state index in [4.69, 9.17) is 23.2 Å². The van der Waals surface area contributed by atoms with E-state index in [-0.39, 0.29) is 40.8 Å². The molecule has 1 saturated heterocycles. The lowest BCUT2D eigenvalue weighted by Gasteiger charge is -2.25. The number of hydrogen-bond acceptors (Lipinski definition) is 7. The Morgan fingerprint density at radius 2 is 1.74 bits per heavy atom. The average Bonchev–Trinajstić information content (AvgIpc) is 3.39. The molecule has 39 heavy (non-hydrogen) atoms. The number of halogens is 2. The SMILES string of the molecule is COC(=O)CCCC(=O)N1CSCC1C(=O)NC(Cc1ccc(NC(=O)c2c(Cl)cccc2Cl)cc1)C(=O)O. The van der Waals surface area contributed by atoms with Gasteiger partial charge in [0.2, 0.25) is 11.8 Å². The summed E-state index contributed by atoms with van der Waals surface area (Å²) < 4.78 is 4.57. The summed E-state index contributed by atoms with van der Waals surface area (Å²) in [5.74, 6) is -2.34. The summed E-state index contributed by atoms with van der Waals surface area (Å²) in [6.45, 7) is 0. The number of thioether (sulfide) groups is 1. The van der Waals surface area contributed by atoms with E-state index in [1.165, 1.54) is 23.8 Å². The summed E-state index contributed by atoms with van der Waals surface area (Å²) in [7, 11) is 1.27. The summed E-state index contributed by atoms with van der Waals surface area (Å²) in [6, 6.07) is 9.15. The Morgan fingerprint density at radius 3 is 2.36 bits per heavy atom. The number of nitrogens with one attached hydrogen (secondary N) is 2. The third kappa shape index (κ3) is 8.35. The quantitative estimate of drug-likeness (QED) is 0.334. The summed E-state index contributed by atoms with van der Waals surface area (Å²) in [5.41, 5.74) is 1.19. The second kappa shape index (κ2) is 14.2. The second-order valence-corrected chi connectivity index (χ2v) is 10.5. The van der Waals surface area contributed by atoms with Gasteiger partial charge in [0.1, 0.15) is 12.1 Å². The Labute approximate surface area is 239 Å². The van der Waals surface area contributed by atoms with E-state index < -0.39 is 35.8 Å². The molecule has 2 aromatic rings. The number of amides is 3. The molecule has 2 aromatic carbocycles. The normalized spacial score (nSPS) is 15.4. The third-order valence-corrected chi connectivity index (χ3v) is 7.60. The zero-order valence-electron chi connectivity index (χ0n) is 20.9. The minimum absolute atomic E-state index is 0.0153. The number of aliphatic carboxylic acids is 1. The number of carbonyl (C=O) groups excluding carboxylic acids is 4. The van der Waals surface area contributed by atoms with Crippen LogP contribution in [-0.2, 0) is 30.3 Å². The van der Waals surface area contributed by atoms with Crippen LogP contribution in [-0.4, -0.2) is 70.5 Å². The molecule has 2 unspecified atom stereocenters. The van der Waals surface area contributed by atoms with Crippen molar-refractivity contribution in [3.8, 4) is 0 Å². The maximum Gasteiger partial charge on any atom is 0.326 e. The zero-order chi connectivity index (χ0) is 28.5. The minimum Gasteiger partial charge on any atom is -0.480 e. The van der Waals surface area contributed by atoms with Crippen molar-refractivity contribution in [1.29, 1.82) is 0 Å². The Kier molecular flexibility index (Phi) is 11.0. The number of ether oxygens (including phenoxy) is 1. The highest BCUT2D eigenvalue weighted by Gasteiger charge is 2.36. The highest BCUT2D eigenvalue weighted by atomic mass is 35.5. The van der Waals surface area contributed by atoms with E-state index >= 15 is 0 Å². The molecule has 0 bridgehead atoms. The molecule has 1 aliphatic rings. The number of carboxylic acid groups (broad SMARTS) is 1. The molecule has 2 atom stereocenters. The van der Waals surface area contributed by atoms with Crippen LogP contribution in [0.2, 0.25) is 10.0 Å². The largest absolute Gasteiger partial charge is 0.480 e. The van der Waals surface area contributed by atoms with Crippen LogP contribution in [0.1, 0.15) is 35.2 Å². The Bertz CT molecular complexity index is 1220. The lowest BCUT2D eigenvalue weighted by molar-refractivity contribution is -0.143. The molecule has 0 radical (unpaired) electrons. The van der Waals surface area contributed by atoms with E-state index in [2.05, 4.69) is 15.4 Å². The fourth-order valence-corrected chi connectivity index (χ4v) is 5.62. The van der Waals surface area contributed by atoms with Crippen LogP contribution in [0.25, 0.3) is 0 Å². The van der Waals surface area contributed by atoms with Gasteiger partial charge < -0.3 is 25.4 Å². The van der Waals surface area contributed by atoms with E-state index in [9.17, 15) is 29.1 Å². The maximum atomic E-state index is 12.9. The van der Waals surface area contributed by atoms with Crippen molar-refractivity contribution in [2.75, 3.05) is 24.1 Å². The second-order valence-electron chi connectivity index (χ2n) is 8.66. The van der Waals surface area contributed by atoms with Crippen molar-refractivity contribution in [3.63, 3.8) is 0 Å². The molecular weight excluding hydrogens is 569 g/mol. The molecule has 10 nitrogen and oxygen atoms in total. The number of methoxy groups -OCH3 is 1. The molecule has 208 valence electrons. The van der Waals surface area contributed by atoms with Crippen LogP contribution in [0.4, 0.5) is 5.69 Å². The molecule has 0 saturated carbocycles. The van der Waals surface area contributed by atoms with Gasteiger partial charge in [-0.15, -0.1) is 11.8 Å². The predicted molar refractivity (Wildman–Crippen MR) is 148 cm³/mol. The molecular formula is C26H27Cl2N3O7S. The van der Waals surface area contributed by atoms with Crippen LogP contribution in [0.15, 0.2) is 42.5 Å². The van der Waals surface area contributed by atoms with Gasteiger partial charge >= 0.3 is 11.9 Å². The fourth-order valence-electron chi connectivity index (χ4n) is 3.87. The zero-order valence-corrected chi connectivity index (χ0v) is 23.3. The van der Waals surface area contributed by atoms with Gasteiger partial charge in [-0.3, -0.25) is 19.2 Å². The van der Waals surface area contributed by atoms with Gasteiger partial charge in [0.25, 0.3) is 5.91 Å². The number of rotatable bonds is 11. The van der Waals surface area contributed by atoms with Crippen molar-refractivity contribution in [1.82, 2.24) is 10.2 Å². The van der Waals surface area contributed by atoms with Crippen molar-refractivity contribution >= 4 is 70.3 Å². The number of nitrogens with zero attached hydrogens (tertiary/aromatic N) is 1. The summed E-state index contributed by atoms with van der Waals surface area (Å²) in [5, 5.41) is 15.4. The monoisotopic (exact) mass is 595 g/mol. The van der Waals surface area contributed by atoms with E-state index in [1.54, 1.807) is 42.5 Å². The number of esters is 1. The lowest BCUT2D eigenvalue weighted by Crippen LogP contribution is -2.52. The number of anilines is 1. The molecule has 0 spiro atoms. The highest BCUT2D eigenvalue weighted by Crippen LogP contribution is 2.26. The van der Waals surface area contributed by atoms with Gasteiger partial charge in [-0.25, -0.2) is 4.79 Å². The van der Waals surface area contributed by atoms with Crippen LogP contribution in [0.5, 0.6) is 0 Å². The highest BCUT2D eigenvalue weighted by molar-refractivity contribution is 7.99. The first-order valence-electron chi connectivity index (χ1n) is 11.9. The van der Waals surface area contributed by atoms with Crippen molar-refractivity contribution in [2.24, 2.45) is 0 Å². The first-order chi connectivity index (χ1) is 18.6. The van der Waals surface area contributed by atoms with Crippen molar-refractivity contribution in [2.45, 2.75) is 37.8 Å². The van der Waals surface area contributed by atoms with Crippen LogP contribution >= 0.6 is 35.0 Å². The van der Waals surface area contributed by atoms with Crippen molar-refractivity contribution in [3.05, 3.63) is 63.6 Å². The Hall–Kier alpha value is -3.28. The molecule has 0 aliphatic carbocycles. The first-order valence-corrected chi connectivity index (χ1v) is 13.8. The number of carboxylic acids is 1. The van der Waals surface area contributed by atoms with Gasteiger partial charge in [0.15, 0.2) is 0 Å². The van der Waals surface area contributed by atoms with Crippen molar-refractivity contribution < 1.29 is 33.8 Å². The summed E-state index contributed by atoms with van der Waals surface area (Å²) >= 11 is 13.6. The van der Waals surface area contributed by atoms with E-state index in [1.807, 2.05) is 0 Å². The first kappa shape index (κ1) is 30.3. The van der Waals surface area contributed by atoms with Gasteiger partial charge in [0, 0.05) is 30.7 Å². The fraction of sp³-hybridized carbons (Fsp3) is 0.346. The van der Waals surface area contributed by atoms with Crippen LogP contribution in [0.3, 0.4) is 0 Å². The molecule has 3 rings (SSSR count). The molecule has 1 fully saturated rings. The Morgan fingerprint density at radius 1 is 1.08 bits per heavy atom. The maximum absolute atomic E-state index is 12.9. The predicted octanol–water partition coefficient (Wildman–Crippen LogP) is 3.60. The van der Waals surface area contributed by atoms with Gasteiger partial charge in [-0.2, -0.15) is 0 Å². The van der Waals surface area contributed by atoms with Gasteiger partial charge in [-0.05, 0) is 36.2 Å². The molecule has 1 heterocycles. The minimum atomic E-state index is -1.23. The summed E-state index contributed by atoms with van der Waals surface area (Å²) in [6.07, 6.45) is 0.448. The van der Waals surface area contributed by atoms with E-state index in [0.29, 0.717) is 29.3 Å². The topological polar surface area (TPSA) is 142 Å².